The smallest absolute Gasteiger partial charge is 0.229 e. The van der Waals surface area contributed by atoms with Gasteiger partial charge in [-0.1, -0.05) is 75.2 Å². The molecule has 4 heteroatoms. The molecule has 0 aliphatic carbocycles. The molecule has 0 unspecified atom stereocenters. The van der Waals surface area contributed by atoms with Gasteiger partial charge in [0, 0.05) is 21.5 Å². The summed E-state index contributed by atoms with van der Waals surface area (Å²) in [4.78, 5) is 12.6. The highest BCUT2D eigenvalue weighted by Crippen LogP contribution is 2.36. The van der Waals surface area contributed by atoms with Gasteiger partial charge in [0.2, 0.25) is 5.91 Å². The third kappa shape index (κ3) is 3.81. The minimum Gasteiger partial charge on any atom is -0.456 e. The van der Waals surface area contributed by atoms with Crippen LogP contribution in [0.1, 0.15) is 43.7 Å². The third-order valence-electron chi connectivity index (χ3n) is 6.25. The Balaban J connectivity index is 0.000000560. The van der Waals surface area contributed by atoms with Crippen molar-refractivity contribution < 1.29 is 13.6 Å². The van der Waals surface area contributed by atoms with E-state index in [-0.39, 0.29) is 0 Å². The summed E-state index contributed by atoms with van der Waals surface area (Å²) in [7, 11) is 0. The van der Waals surface area contributed by atoms with Crippen molar-refractivity contribution in [3.63, 3.8) is 0 Å². The van der Waals surface area contributed by atoms with Gasteiger partial charge < -0.3 is 14.6 Å². The normalized spacial score (nSPS) is 11.4. The van der Waals surface area contributed by atoms with Crippen LogP contribution in [0.25, 0.3) is 43.9 Å². The number of para-hydroxylation sites is 2. The molecule has 0 aliphatic heterocycles. The lowest BCUT2D eigenvalue weighted by Crippen LogP contribution is -2.22. The molecule has 2 aromatic heterocycles. The minimum atomic E-state index is -0.568. The number of rotatable bonds is 4. The van der Waals surface area contributed by atoms with Crippen LogP contribution in [-0.2, 0) is 4.79 Å². The molecule has 2 heterocycles. The minimum absolute atomic E-state index is 0.394. The highest BCUT2D eigenvalue weighted by molar-refractivity contribution is 6.07. The van der Waals surface area contributed by atoms with Crippen LogP contribution >= 0.6 is 0 Å². The second-order valence-electron chi connectivity index (χ2n) is 8.54. The van der Waals surface area contributed by atoms with Gasteiger partial charge in [0.05, 0.1) is 5.92 Å². The number of carbonyl (C=O) groups excluding carboxylic acids is 1. The van der Waals surface area contributed by atoms with Gasteiger partial charge in [-0.3, -0.25) is 4.79 Å². The van der Waals surface area contributed by atoms with Gasteiger partial charge in [-0.25, -0.2) is 0 Å². The Hall–Kier alpha value is -4.05. The number of hydrogen-bond acceptors (Lipinski definition) is 3. The molecule has 0 saturated carbocycles. The molecule has 0 spiro atoms. The number of unbranched alkanes of at least 4 members (excludes halogenated alkanes) is 1. The van der Waals surface area contributed by atoms with E-state index in [1.54, 1.807) is 0 Å². The molecule has 0 fully saturated rings. The summed E-state index contributed by atoms with van der Waals surface area (Å²) in [6.45, 7) is 4.36. The quantitative estimate of drug-likeness (QED) is 0.297. The Morgan fingerprint density at radius 3 is 1.47 bits per heavy atom. The average molecular weight is 450 g/mol. The van der Waals surface area contributed by atoms with Gasteiger partial charge in [0.1, 0.15) is 22.3 Å². The van der Waals surface area contributed by atoms with Crippen molar-refractivity contribution in [2.45, 2.75) is 32.6 Å². The molecule has 0 bridgehead atoms. The number of amides is 1. The van der Waals surface area contributed by atoms with Gasteiger partial charge in [0.15, 0.2) is 0 Å². The number of primary amides is 1. The second-order valence-corrected chi connectivity index (χ2v) is 8.54. The lowest BCUT2D eigenvalue weighted by molar-refractivity contribution is -0.118. The molecule has 0 radical (unpaired) electrons. The molecule has 6 rings (SSSR count). The van der Waals surface area contributed by atoms with Crippen molar-refractivity contribution in [2.75, 3.05) is 0 Å². The average Bonchev–Trinajstić information content (AvgIpc) is 3.42. The first-order valence-electron chi connectivity index (χ1n) is 11.7. The Labute approximate surface area is 198 Å². The van der Waals surface area contributed by atoms with E-state index in [0.29, 0.717) is 0 Å². The largest absolute Gasteiger partial charge is 0.456 e. The standard InChI is InChI=1S/C26H17NO3.C4H10/c27-26(28)25(15-9-11-23-19(13-15)17-5-1-3-7-21(17)29-23)16-10-12-24-20(14-16)18-6-2-4-8-22(18)30-24;1-3-4-2/h1-14,25H,(H2,27,28);3-4H2,1-2H3. The predicted octanol–water partition coefficient (Wildman–Crippen LogP) is 7.91. The molecule has 34 heavy (non-hydrogen) atoms. The van der Waals surface area contributed by atoms with Crippen molar-refractivity contribution in [3.8, 4) is 0 Å². The van der Waals surface area contributed by atoms with E-state index >= 15 is 0 Å². The summed E-state index contributed by atoms with van der Waals surface area (Å²) < 4.78 is 11.8. The summed E-state index contributed by atoms with van der Waals surface area (Å²) in [6, 6.07) is 27.4. The maximum atomic E-state index is 12.6. The van der Waals surface area contributed by atoms with E-state index in [9.17, 15) is 4.79 Å². The number of carbonyl (C=O) groups is 1. The number of nitrogens with two attached hydrogens (primary N) is 1. The van der Waals surface area contributed by atoms with Crippen LogP contribution in [0.4, 0.5) is 0 Å². The zero-order valence-corrected chi connectivity index (χ0v) is 19.4. The fourth-order valence-electron chi connectivity index (χ4n) is 4.37. The summed E-state index contributed by atoms with van der Waals surface area (Å²) in [5, 5.41) is 4.00. The Morgan fingerprint density at radius 1 is 0.647 bits per heavy atom. The highest BCUT2D eigenvalue weighted by atomic mass is 16.3. The second kappa shape index (κ2) is 9.06. The van der Waals surface area contributed by atoms with E-state index in [4.69, 9.17) is 14.6 Å². The van der Waals surface area contributed by atoms with Crippen LogP contribution in [0, 0.1) is 0 Å². The Bertz CT molecular complexity index is 1510. The summed E-state index contributed by atoms with van der Waals surface area (Å²) in [6.07, 6.45) is 2.64. The summed E-state index contributed by atoms with van der Waals surface area (Å²) in [5.41, 5.74) is 10.8. The van der Waals surface area contributed by atoms with Crippen molar-refractivity contribution in [1.29, 1.82) is 0 Å². The van der Waals surface area contributed by atoms with Crippen LogP contribution in [0.3, 0.4) is 0 Å². The molecule has 1 amide bonds. The van der Waals surface area contributed by atoms with Gasteiger partial charge in [-0.15, -0.1) is 0 Å². The molecule has 0 atom stereocenters. The monoisotopic (exact) mass is 449 g/mol. The topological polar surface area (TPSA) is 69.4 Å². The first-order valence-corrected chi connectivity index (χ1v) is 11.7. The molecule has 170 valence electrons. The highest BCUT2D eigenvalue weighted by Gasteiger charge is 2.23. The van der Waals surface area contributed by atoms with Crippen LogP contribution in [0.2, 0.25) is 0 Å². The summed E-state index contributed by atoms with van der Waals surface area (Å²) in [5.74, 6) is -0.963. The lowest BCUT2D eigenvalue weighted by atomic mass is 9.89. The van der Waals surface area contributed by atoms with Crippen LogP contribution in [0.5, 0.6) is 0 Å². The fourth-order valence-corrected chi connectivity index (χ4v) is 4.37. The molecule has 6 aromatic rings. The van der Waals surface area contributed by atoms with E-state index in [1.807, 2.05) is 84.9 Å². The molecule has 0 aliphatic rings. The van der Waals surface area contributed by atoms with Crippen molar-refractivity contribution >= 4 is 49.8 Å². The van der Waals surface area contributed by atoms with Gasteiger partial charge >= 0.3 is 0 Å². The maximum absolute atomic E-state index is 12.6. The Morgan fingerprint density at radius 2 is 1.06 bits per heavy atom. The van der Waals surface area contributed by atoms with Gasteiger partial charge in [-0.2, -0.15) is 0 Å². The zero-order chi connectivity index (χ0) is 23.7. The van der Waals surface area contributed by atoms with Crippen molar-refractivity contribution in [1.82, 2.24) is 0 Å². The van der Waals surface area contributed by atoms with E-state index < -0.39 is 11.8 Å². The van der Waals surface area contributed by atoms with E-state index in [2.05, 4.69) is 13.8 Å². The van der Waals surface area contributed by atoms with Crippen molar-refractivity contribution in [3.05, 3.63) is 96.1 Å². The van der Waals surface area contributed by atoms with E-state index in [1.165, 1.54) is 12.8 Å². The number of fused-ring (bicyclic) bond motifs is 6. The number of hydrogen-bond donors (Lipinski definition) is 1. The number of furan rings is 2. The lowest BCUT2D eigenvalue weighted by Gasteiger charge is -2.14. The third-order valence-corrected chi connectivity index (χ3v) is 6.25. The predicted molar refractivity (Wildman–Crippen MR) is 139 cm³/mol. The van der Waals surface area contributed by atoms with E-state index in [0.717, 1.165) is 55.0 Å². The molecule has 4 aromatic carbocycles. The van der Waals surface area contributed by atoms with Crippen LogP contribution in [0.15, 0.2) is 93.8 Å². The van der Waals surface area contributed by atoms with Gasteiger partial charge in [-0.05, 0) is 47.5 Å². The molecule has 4 nitrogen and oxygen atoms in total. The Kier molecular flexibility index (Phi) is 5.81. The summed E-state index contributed by atoms with van der Waals surface area (Å²) >= 11 is 0. The zero-order valence-electron chi connectivity index (χ0n) is 19.4. The fraction of sp³-hybridized carbons (Fsp3) is 0.167. The molecule has 2 N–H and O–H groups in total. The first kappa shape index (κ1) is 21.8. The van der Waals surface area contributed by atoms with Crippen LogP contribution in [-0.4, -0.2) is 5.91 Å². The molecule has 0 saturated heterocycles. The SMILES string of the molecule is CCCC.NC(=O)C(c1ccc2oc3ccccc3c2c1)c1ccc2oc3ccccc3c2c1. The molecular weight excluding hydrogens is 422 g/mol. The molecular formula is C30H27NO3. The van der Waals surface area contributed by atoms with Crippen LogP contribution < -0.4 is 5.73 Å². The van der Waals surface area contributed by atoms with Gasteiger partial charge in [0.25, 0.3) is 0 Å². The number of benzene rings is 4. The maximum Gasteiger partial charge on any atom is 0.229 e. The first-order chi connectivity index (χ1) is 16.6. The van der Waals surface area contributed by atoms with Crippen molar-refractivity contribution in [2.24, 2.45) is 5.73 Å².